The van der Waals surface area contributed by atoms with E-state index >= 15 is 0 Å². The van der Waals surface area contributed by atoms with Gasteiger partial charge in [0.1, 0.15) is 0 Å². The SMILES string of the molecule is N=C(N/N=C/c1cnc2ccccc2c1)N/N=C/c1cnc2ccccc2c1. The van der Waals surface area contributed by atoms with Crippen molar-refractivity contribution in [2.75, 3.05) is 0 Å². The number of nitrogens with one attached hydrogen (secondary N) is 3. The molecule has 2 heterocycles. The number of benzene rings is 2. The molecule has 0 aliphatic heterocycles. The molecule has 0 saturated carbocycles. The van der Waals surface area contributed by atoms with Crippen LogP contribution in [-0.2, 0) is 0 Å². The molecule has 2 aromatic carbocycles. The largest absolute Gasteiger partial charge is 0.266 e. The summed E-state index contributed by atoms with van der Waals surface area (Å²) in [4.78, 5) is 8.73. The van der Waals surface area contributed by atoms with Gasteiger partial charge in [0.05, 0.1) is 23.5 Å². The Labute approximate surface area is 161 Å². The Balaban J connectivity index is 1.33. The van der Waals surface area contributed by atoms with Gasteiger partial charge in [0.2, 0.25) is 5.96 Å². The fourth-order valence-electron chi connectivity index (χ4n) is 2.69. The normalized spacial score (nSPS) is 11.4. The van der Waals surface area contributed by atoms with E-state index in [0.717, 1.165) is 32.9 Å². The molecule has 0 bridgehead atoms. The van der Waals surface area contributed by atoms with Crippen LogP contribution in [0.4, 0.5) is 0 Å². The Morgan fingerprint density at radius 1 is 0.750 bits per heavy atom. The van der Waals surface area contributed by atoms with Gasteiger partial charge in [-0.2, -0.15) is 10.2 Å². The van der Waals surface area contributed by atoms with Crippen molar-refractivity contribution in [2.24, 2.45) is 10.2 Å². The van der Waals surface area contributed by atoms with Gasteiger partial charge in [0, 0.05) is 34.3 Å². The lowest BCUT2D eigenvalue weighted by Crippen LogP contribution is -2.29. The van der Waals surface area contributed by atoms with Gasteiger partial charge in [0.25, 0.3) is 0 Å². The monoisotopic (exact) mass is 367 g/mol. The van der Waals surface area contributed by atoms with Gasteiger partial charge in [-0.1, -0.05) is 36.4 Å². The van der Waals surface area contributed by atoms with Gasteiger partial charge in [-0.3, -0.25) is 15.4 Å². The van der Waals surface area contributed by atoms with Crippen LogP contribution in [0.1, 0.15) is 11.1 Å². The molecule has 2 aromatic heterocycles. The molecule has 28 heavy (non-hydrogen) atoms. The van der Waals surface area contributed by atoms with Gasteiger partial charge in [-0.15, -0.1) is 0 Å². The minimum atomic E-state index is -0.0463. The predicted molar refractivity (Wildman–Crippen MR) is 113 cm³/mol. The molecule has 0 saturated heterocycles. The number of hydrogen-bond acceptors (Lipinski definition) is 5. The lowest BCUT2D eigenvalue weighted by atomic mass is 10.2. The number of guanidine groups is 1. The van der Waals surface area contributed by atoms with Crippen molar-refractivity contribution in [3.05, 3.63) is 84.2 Å². The van der Waals surface area contributed by atoms with Crippen LogP contribution in [0.3, 0.4) is 0 Å². The number of hydrogen-bond donors (Lipinski definition) is 3. The standard InChI is InChI=1S/C21H17N7/c22-21(27-25-13-15-9-17-5-1-3-7-19(17)23-11-15)28-26-14-16-10-18-6-2-4-8-20(18)24-12-16/h1-14H,(H3,22,27,28)/b25-13+,26-14+. The maximum Gasteiger partial charge on any atom is 0.230 e. The van der Waals surface area contributed by atoms with Crippen molar-refractivity contribution in [3.8, 4) is 0 Å². The van der Waals surface area contributed by atoms with E-state index in [2.05, 4.69) is 31.0 Å². The van der Waals surface area contributed by atoms with Crippen molar-refractivity contribution >= 4 is 40.2 Å². The summed E-state index contributed by atoms with van der Waals surface area (Å²) in [6.07, 6.45) is 6.67. The summed E-state index contributed by atoms with van der Waals surface area (Å²) in [7, 11) is 0. The molecule has 136 valence electrons. The first-order valence-corrected chi connectivity index (χ1v) is 8.64. The highest BCUT2D eigenvalue weighted by Crippen LogP contribution is 2.12. The minimum Gasteiger partial charge on any atom is -0.266 e. The number of aromatic nitrogens is 2. The zero-order chi connectivity index (χ0) is 19.2. The third-order valence-corrected chi connectivity index (χ3v) is 4.00. The van der Waals surface area contributed by atoms with E-state index in [1.807, 2.05) is 60.7 Å². The van der Waals surface area contributed by atoms with Crippen molar-refractivity contribution < 1.29 is 0 Å². The van der Waals surface area contributed by atoms with Crippen LogP contribution < -0.4 is 10.9 Å². The third kappa shape index (κ3) is 4.16. The molecule has 3 N–H and O–H groups in total. The van der Waals surface area contributed by atoms with E-state index in [1.165, 1.54) is 0 Å². The van der Waals surface area contributed by atoms with Gasteiger partial charge in [0.15, 0.2) is 0 Å². The molecule has 0 amide bonds. The lowest BCUT2D eigenvalue weighted by molar-refractivity contribution is 0.893. The second-order valence-electron chi connectivity index (χ2n) is 6.04. The summed E-state index contributed by atoms with van der Waals surface area (Å²) in [6, 6.07) is 19.7. The van der Waals surface area contributed by atoms with Crippen LogP contribution in [0.2, 0.25) is 0 Å². The fourth-order valence-corrected chi connectivity index (χ4v) is 2.69. The average Bonchev–Trinajstić information content (AvgIpc) is 2.73. The highest BCUT2D eigenvalue weighted by molar-refractivity contribution is 5.89. The molecule has 0 fully saturated rings. The summed E-state index contributed by atoms with van der Waals surface area (Å²) >= 11 is 0. The molecular weight excluding hydrogens is 350 g/mol. The molecule has 7 heteroatoms. The van der Waals surface area contributed by atoms with Crippen LogP contribution in [0.15, 0.2) is 83.3 Å². The summed E-state index contributed by atoms with van der Waals surface area (Å²) in [6.45, 7) is 0. The minimum absolute atomic E-state index is 0.0463. The molecule has 0 spiro atoms. The van der Waals surface area contributed by atoms with Gasteiger partial charge in [-0.05, 0) is 24.3 Å². The van der Waals surface area contributed by atoms with Gasteiger partial charge in [-0.25, -0.2) is 10.9 Å². The smallest absolute Gasteiger partial charge is 0.230 e. The summed E-state index contributed by atoms with van der Waals surface area (Å²) in [5.74, 6) is -0.0463. The van der Waals surface area contributed by atoms with E-state index in [4.69, 9.17) is 5.41 Å². The topological polar surface area (TPSA) is 98.4 Å². The summed E-state index contributed by atoms with van der Waals surface area (Å²) in [5.41, 5.74) is 8.69. The van der Waals surface area contributed by atoms with Crippen LogP contribution in [0.5, 0.6) is 0 Å². The molecular formula is C21H17N7. The van der Waals surface area contributed by atoms with Crippen LogP contribution >= 0.6 is 0 Å². The zero-order valence-electron chi connectivity index (χ0n) is 14.9. The molecule has 0 atom stereocenters. The first-order chi connectivity index (χ1) is 13.8. The molecule has 0 aliphatic carbocycles. The second-order valence-corrected chi connectivity index (χ2v) is 6.04. The Morgan fingerprint density at radius 2 is 1.21 bits per heavy atom. The van der Waals surface area contributed by atoms with Gasteiger partial charge >= 0.3 is 0 Å². The zero-order valence-corrected chi connectivity index (χ0v) is 14.9. The van der Waals surface area contributed by atoms with Crippen molar-refractivity contribution in [1.29, 1.82) is 5.41 Å². The number of para-hydroxylation sites is 2. The first-order valence-electron chi connectivity index (χ1n) is 8.64. The van der Waals surface area contributed by atoms with E-state index in [0.29, 0.717) is 0 Å². The summed E-state index contributed by atoms with van der Waals surface area (Å²) < 4.78 is 0. The highest BCUT2D eigenvalue weighted by atomic mass is 15.4. The van der Waals surface area contributed by atoms with E-state index in [1.54, 1.807) is 24.8 Å². The Hall–Kier alpha value is -4.13. The maximum absolute atomic E-state index is 7.80. The molecule has 0 unspecified atom stereocenters. The molecule has 0 aliphatic rings. The lowest BCUT2D eigenvalue weighted by Gasteiger charge is -2.02. The third-order valence-electron chi connectivity index (χ3n) is 4.00. The Morgan fingerprint density at radius 3 is 1.71 bits per heavy atom. The number of hydrazone groups is 2. The second kappa shape index (κ2) is 8.05. The van der Waals surface area contributed by atoms with Crippen LogP contribution in [-0.4, -0.2) is 28.4 Å². The Bertz CT molecular complexity index is 1100. The number of pyridine rings is 2. The van der Waals surface area contributed by atoms with Crippen molar-refractivity contribution in [2.45, 2.75) is 0 Å². The Kier molecular flexibility index (Phi) is 4.97. The van der Waals surface area contributed by atoms with E-state index in [-0.39, 0.29) is 5.96 Å². The molecule has 4 rings (SSSR count). The van der Waals surface area contributed by atoms with Crippen LogP contribution in [0.25, 0.3) is 21.8 Å². The highest BCUT2D eigenvalue weighted by Gasteiger charge is 1.97. The number of nitrogens with zero attached hydrogens (tertiary/aromatic N) is 4. The van der Waals surface area contributed by atoms with E-state index in [9.17, 15) is 0 Å². The maximum atomic E-state index is 7.80. The van der Waals surface area contributed by atoms with E-state index < -0.39 is 0 Å². The number of rotatable bonds is 4. The van der Waals surface area contributed by atoms with Crippen molar-refractivity contribution in [3.63, 3.8) is 0 Å². The van der Waals surface area contributed by atoms with Crippen LogP contribution in [0, 0.1) is 5.41 Å². The first kappa shape index (κ1) is 17.3. The summed E-state index contributed by atoms with van der Waals surface area (Å²) in [5, 5.41) is 17.9. The van der Waals surface area contributed by atoms with Gasteiger partial charge < -0.3 is 0 Å². The average molecular weight is 367 g/mol. The molecule has 0 radical (unpaired) electrons. The number of fused-ring (bicyclic) bond motifs is 2. The molecule has 7 nitrogen and oxygen atoms in total. The molecule has 4 aromatic rings. The quantitative estimate of drug-likeness (QED) is 0.293. The fraction of sp³-hybridized carbons (Fsp3) is 0. The predicted octanol–water partition coefficient (Wildman–Crippen LogP) is 3.26. The van der Waals surface area contributed by atoms with Crippen molar-refractivity contribution in [1.82, 2.24) is 20.8 Å².